The summed E-state index contributed by atoms with van der Waals surface area (Å²) in [6, 6.07) is 0. The standard InChI is InChI=1S/C10H14N4O2/c1-4-5-8(14-12-3)10(11-2)13-7-6-9(15)16/h4-5,7H,3,6H2,1-2H3,(H,15,16)/b5-4-,11-10?,13-7?,14-8+. The van der Waals surface area contributed by atoms with Crippen LogP contribution in [0.1, 0.15) is 13.3 Å². The molecule has 0 aromatic heterocycles. The van der Waals surface area contributed by atoms with Crippen LogP contribution in [0.4, 0.5) is 0 Å². The first-order chi connectivity index (χ1) is 7.65. The van der Waals surface area contributed by atoms with Crippen molar-refractivity contribution in [3.8, 4) is 0 Å². The van der Waals surface area contributed by atoms with Gasteiger partial charge in [0.25, 0.3) is 0 Å². The van der Waals surface area contributed by atoms with Crippen molar-refractivity contribution in [3.63, 3.8) is 0 Å². The SMILES string of the molecule is C=N/N=C(\C=C/C)C(N=CCC(=O)O)=NC. The molecule has 0 aliphatic rings. The van der Waals surface area contributed by atoms with Crippen molar-refractivity contribution in [2.45, 2.75) is 13.3 Å². The third-order valence-electron chi connectivity index (χ3n) is 1.42. The Morgan fingerprint density at radius 3 is 2.62 bits per heavy atom. The van der Waals surface area contributed by atoms with Gasteiger partial charge in [-0.2, -0.15) is 5.10 Å². The molecule has 6 heteroatoms. The van der Waals surface area contributed by atoms with Gasteiger partial charge in [0.15, 0.2) is 5.84 Å². The van der Waals surface area contributed by atoms with Crippen LogP contribution in [0.5, 0.6) is 0 Å². The number of carboxylic acid groups (broad SMARTS) is 1. The zero-order chi connectivity index (χ0) is 12.4. The predicted molar refractivity (Wildman–Crippen MR) is 65.9 cm³/mol. The molecule has 0 aromatic rings. The largest absolute Gasteiger partial charge is 0.481 e. The van der Waals surface area contributed by atoms with Crippen LogP contribution in [-0.2, 0) is 4.79 Å². The topological polar surface area (TPSA) is 86.7 Å². The fourth-order valence-corrected chi connectivity index (χ4v) is 0.835. The second-order valence-corrected chi connectivity index (χ2v) is 2.58. The highest BCUT2D eigenvalue weighted by Crippen LogP contribution is 1.92. The van der Waals surface area contributed by atoms with E-state index in [1.807, 2.05) is 6.92 Å². The lowest BCUT2D eigenvalue weighted by Crippen LogP contribution is -2.09. The number of allylic oxidation sites excluding steroid dienone is 1. The molecule has 0 amide bonds. The summed E-state index contributed by atoms with van der Waals surface area (Å²) in [5, 5.41) is 15.6. The number of nitrogens with zero attached hydrogens (tertiary/aromatic N) is 4. The quantitative estimate of drug-likeness (QED) is 0.430. The zero-order valence-corrected chi connectivity index (χ0v) is 9.29. The van der Waals surface area contributed by atoms with Crippen LogP contribution in [0.3, 0.4) is 0 Å². The molecule has 16 heavy (non-hydrogen) atoms. The lowest BCUT2D eigenvalue weighted by atomic mass is 10.3. The molecule has 0 fully saturated rings. The van der Waals surface area contributed by atoms with Gasteiger partial charge in [-0.3, -0.25) is 9.79 Å². The average Bonchev–Trinajstić information content (AvgIpc) is 2.24. The molecule has 86 valence electrons. The fourth-order valence-electron chi connectivity index (χ4n) is 0.835. The van der Waals surface area contributed by atoms with Crippen molar-refractivity contribution in [2.24, 2.45) is 20.2 Å². The van der Waals surface area contributed by atoms with Gasteiger partial charge in [0.2, 0.25) is 0 Å². The Labute approximate surface area is 93.8 Å². The van der Waals surface area contributed by atoms with E-state index in [2.05, 4.69) is 26.9 Å². The van der Waals surface area contributed by atoms with E-state index in [4.69, 9.17) is 5.11 Å². The number of carbonyl (C=O) groups is 1. The summed E-state index contributed by atoms with van der Waals surface area (Å²) < 4.78 is 0. The Morgan fingerprint density at radius 1 is 1.50 bits per heavy atom. The summed E-state index contributed by atoms with van der Waals surface area (Å²) in [6.45, 7) is 5.05. The summed E-state index contributed by atoms with van der Waals surface area (Å²) in [6.07, 6.45) is 4.51. The van der Waals surface area contributed by atoms with Gasteiger partial charge in [-0.05, 0) is 13.0 Å². The Balaban J connectivity index is 4.84. The molecular weight excluding hydrogens is 208 g/mol. The number of hydrogen-bond acceptors (Lipinski definition) is 4. The number of aliphatic carboxylic acids is 1. The molecule has 0 radical (unpaired) electrons. The Kier molecular flexibility index (Phi) is 7.14. The maximum absolute atomic E-state index is 10.3. The van der Waals surface area contributed by atoms with E-state index >= 15 is 0 Å². The lowest BCUT2D eigenvalue weighted by molar-refractivity contribution is -0.135. The second kappa shape index (κ2) is 8.22. The summed E-state index contributed by atoms with van der Waals surface area (Å²) in [7, 11) is 1.54. The minimum Gasteiger partial charge on any atom is -0.481 e. The molecule has 0 saturated heterocycles. The molecule has 0 bridgehead atoms. The van der Waals surface area contributed by atoms with Crippen LogP contribution in [-0.4, -0.2) is 42.6 Å². The smallest absolute Gasteiger partial charge is 0.308 e. The Morgan fingerprint density at radius 2 is 2.19 bits per heavy atom. The van der Waals surface area contributed by atoms with E-state index in [0.29, 0.717) is 11.5 Å². The molecule has 0 saturated carbocycles. The van der Waals surface area contributed by atoms with E-state index in [1.165, 1.54) is 13.3 Å². The first-order valence-corrected chi connectivity index (χ1v) is 4.53. The monoisotopic (exact) mass is 222 g/mol. The third kappa shape index (κ3) is 5.58. The summed E-state index contributed by atoms with van der Waals surface area (Å²) in [5.74, 6) is -0.641. The van der Waals surface area contributed by atoms with Gasteiger partial charge in [-0.25, -0.2) is 4.99 Å². The first kappa shape index (κ1) is 13.9. The Bertz CT molecular complexity index is 367. The van der Waals surface area contributed by atoms with Crippen molar-refractivity contribution in [1.29, 1.82) is 0 Å². The van der Waals surface area contributed by atoms with Crippen molar-refractivity contribution < 1.29 is 9.90 Å². The Hall–Kier alpha value is -2.11. The predicted octanol–water partition coefficient (Wildman–Crippen LogP) is 1.19. The molecule has 0 unspecified atom stereocenters. The van der Waals surface area contributed by atoms with E-state index in [-0.39, 0.29) is 6.42 Å². The third-order valence-corrected chi connectivity index (χ3v) is 1.42. The number of hydrogen-bond donors (Lipinski definition) is 1. The summed E-state index contributed by atoms with van der Waals surface area (Å²) in [4.78, 5) is 18.1. The van der Waals surface area contributed by atoms with Crippen LogP contribution in [0.15, 0.2) is 32.3 Å². The van der Waals surface area contributed by atoms with Crippen molar-refractivity contribution in [3.05, 3.63) is 12.2 Å². The first-order valence-electron chi connectivity index (χ1n) is 4.53. The van der Waals surface area contributed by atoms with Gasteiger partial charge in [0.05, 0.1) is 6.42 Å². The normalized spacial score (nSPS) is 13.6. The highest BCUT2D eigenvalue weighted by Gasteiger charge is 2.02. The fraction of sp³-hybridized carbons (Fsp3) is 0.300. The van der Waals surface area contributed by atoms with Gasteiger partial charge in [-0.15, -0.1) is 5.10 Å². The maximum Gasteiger partial charge on any atom is 0.308 e. The molecule has 0 aromatic carbocycles. The molecule has 0 spiro atoms. The average molecular weight is 222 g/mol. The van der Waals surface area contributed by atoms with Crippen molar-refractivity contribution in [2.75, 3.05) is 7.05 Å². The molecule has 1 N–H and O–H groups in total. The van der Waals surface area contributed by atoms with Crippen LogP contribution in [0, 0.1) is 0 Å². The van der Waals surface area contributed by atoms with Crippen molar-refractivity contribution >= 4 is 30.4 Å². The minimum absolute atomic E-state index is 0.163. The number of carboxylic acids is 1. The van der Waals surface area contributed by atoms with Gasteiger partial charge in [0.1, 0.15) is 5.71 Å². The van der Waals surface area contributed by atoms with E-state index in [1.54, 1.807) is 12.2 Å². The molecular formula is C10H14N4O2. The molecule has 0 aliphatic carbocycles. The molecule has 0 rings (SSSR count). The molecule has 0 aliphatic heterocycles. The van der Waals surface area contributed by atoms with Crippen LogP contribution in [0.2, 0.25) is 0 Å². The number of amidine groups is 1. The zero-order valence-electron chi connectivity index (χ0n) is 9.29. The molecule has 6 nitrogen and oxygen atoms in total. The second-order valence-electron chi connectivity index (χ2n) is 2.58. The van der Waals surface area contributed by atoms with Gasteiger partial charge in [-0.1, -0.05) is 6.08 Å². The number of aliphatic imine (C=N–C) groups is 2. The lowest BCUT2D eigenvalue weighted by Gasteiger charge is -1.97. The number of rotatable bonds is 5. The van der Waals surface area contributed by atoms with Gasteiger partial charge >= 0.3 is 5.97 Å². The van der Waals surface area contributed by atoms with Crippen LogP contribution < -0.4 is 0 Å². The summed E-state index contributed by atoms with van der Waals surface area (Å²) in [5.41, 5.74) is 0.432. The summed E-state index contributed by atoms with van der Waals surface area (Å²) >= 11 is 0. The minimum atomic E-state index is -0.953. The molecule has 0 heterocycles. The van der Waals surface area contributed by atoms with E-state index < -0.39 is 5.97 Å². The maximum atomic E-state index is 10.3. The van der Waals surface area contributed by atoms with Crippen molar-refractivity contribution in [1.82, 2.24) is 0 Å². The van der Waals surface area contributed by atoms with Gasteiger partial charge in [0, 0.05) is 20.0 Å². The van der Waals surface area contributed by atoms with Crippen LogP contribution >= 0.6 is 0 Å². The van der Waals surface area contributed by atoms with E-state index in [0.717, 1.165) is 0 Å². The highest BCUT2D eigenvalue weighted by molar-refractivity contribution is 6.46. The molecule has 0 atom stereocenters. The highest BCUT2D eigenvalue weighted by atomic mass is 16.4. The van der Waals surface area contributed by atoms with E-state index in [9.17, 15) is 4.79 Å². The van der Waals surface area contributed by atoms with Crippen LogP contribution in [0.25, 0.3) is 0 Å². The van der Waals surface area contributed by atoms with Gasteiger partial charge < -0.3 is 5.11 Å².